The van der Waals surface area contributed by atoms with Crippen molar-refractivity contribution in [3.05, 3.63) is 64.9 Å². The van der Waals surface area contributed by atoms with Gasteiger partial charge in [-0.05, 0) is 42.0 Å². The van der Waals surface area contributed by atoms with Gasteiger partial charge in [-0.25, -0.2) is 4.39 Å². The van der Waals surface area contributed by atoms with E-state index in [2.05, 4.69) is 5.32 Å². The average Bonchev–Trinajstić information content (AvgIpc) is 2.49. The Morgan fingerprint density at radius 1 is 1.29 bits per heavy atom. The molecule has 0 aliphatic carbocycles. The van der Waals surface area contributed by atoms with Crippen LogP contribution in [0.15, 0.2) is 48.5 Å². The number of halogens is 2. The van der Waals surface area contributed by atoms with Crippen molar-refractivity contribution in [3.8, 4) is 5.75 Å². The summed E-state index contributed by atoms with van der Waals surface area (Å²) in [5.74, 6) is -0.148. The van der Waals surface area contributed by atoms with Crippen LogP contribution in [0.3, 0.4) is 0 Å². The first-order valence-corrected chi connectivity index (χ1v) is 6.54. The molecule has 0 heterocycles. The van der Waals surface area contributed by atoms with Crippen LogP contribution in [-0.2, 0) is 4.79 Å². The molecular weight excluding hydrogens is 293 g/mol. The van der Waals surface area contributed by atoms with E-state index in [0.29, 0.717) is 11.4 Å². The van der Waals surface area contributed by atoms with Crippen molar-refractivity contribution in [2.24, 2.45) is 0 Å². The van der Waals surface area contributed by atoms with Gasteiger partial charge in [-0.1, -0.05) is 23.7 Å². The highest BCUT2D eigenvalue weighted by molar-refractivity contribution is 6.31. The Hall–Kier alpha value is -2.33. The minimum Gasteiger partial charge on any atom is -0.497 e. The van der Waals surface area contributed by atoms with Gasteiger partial charge < -0.3 is 10.1 Å². The lowest BCUT2D eigenvalue weighted by Crippen LogP contribution is -2.07. The highest BCUT2D eigenvalue weighted by Gasteiger charge is 2.03. The summed E-state index contributed by atoms with van der Waals surface area (Å²) in [4.78, 5) is 11.8. The minimum absolute atomic E-state index is 0.0374. The van der Waals surface area contributed by atoms with E-state index in [1.54, 1.807) is 19.3 Å². The minimum atomic E-state index is -0.526. The zero-order valence-electron chi connectivity index (χ0n) is 11.3. The van der Waals surface area contributed by atoms with Gasteiger partial charge in [-0.2, -0.15) is 0 Å². The smallest absolute Gasteiger partial charge is 0.248 e. The molecule has 0 fully saturated rings. The van der Waals surface area contributed by atoms with Gasteiger partial charge in [-0.3, -0.25) is 4.79 Å². The van der Waals surface area contributed by atoms with Gasteiger partial charge in [0.15, 0.2) is 0 Å². The molecular formula is C16H13ClFNO2. The van der Waals surface area contributed by atoms with Crippen molar-refractivity contribution in [1.29, 1.82) is 0 Å². The predicted octanol–water partition coefficient (Wildman–Crippen LogP) is 4.14. The van der Waals surface area contributed by atoms with Crippen molar-refractivity contribution in [2.45, 2.75) is 0 Å². The van der Waals surface area contributed by atoms with E-state index in [1.165, 1.54) is 24.3 Å². The molecule has 2 aromatic carbocycles. The third-order valence-corrected chi connectivity index (χ3v) is 3.00. The fourth-order valence-corrected chi connectivity index (χ4v) is 1.86. The first-order chi connectivity index (χ1) is 10.1. The van der Waals surface area contributed by atoms with Crippen LogP contribution >= 0.6 is 11.6 Å². The molecule has 21 heavy (non-hydrogen) atoms. The fraction of sp³-hybridized carbons (Fsp3) is 0.0625. The van der Waals surface area contributed by atoms with E-state index >= 15 is 0 Å². The standard InChI is InChI=1S/C16H13ClFNO2/c1-21-13-4-2-3-11(9-13)5-8-16(20)19-12-6-7-15(18)14(17)10-12/h2-10H,1H3,(H,19,20). The maximum atomic E-state index is 13.0. The summed E-state index contributed by atoms with van der Waals surface area (Å²) in [5, 5.41) is 2.56. The van der Waals surface area contributed by atoms with Crippen molar-refractivity contribution >= 4 is 29.3 Å². The maximum Gasteiger partial charge on any atom is 0.248 e. The molecule has 5 heteroatoms. The van der Waals surface area contributed by atoms with Gasteiger partial charge in [0.2, 0.25) is 5.91 Å². The molecule has 2 aromatic rings. The van der Waals surface area contributed by atoms with Crippen LogP contribution in [0.25, 0.3) is 6.08 Å². The van der Waals surface area contributed by atoms with Crippen LogP contribution in [0.1, 0.15) is 5.56 Å². The Bertz CT molecular complexity index is 686. The zero-order valence-corrected chi connectivity index (χ0v) is 12.0. The third kappa shape index (κ3) is 4.33. The Morgan fingerprint density at radius 2 is 2.10 bits per heavy atom. The number of nitrogens with one attached hydrogen (secondary N) is 1. The Labute approximate surface area is 127 Å². The molecule has 0 bridgehead atoms. The van der Waals surface area contributed by atoms with Crippen molar-refractivity contribution in [3.63, 3.8) is 0 Å². The first kappa shape index (κ1) is 15.1. The molecule has 0 unspecified atom stereocenters. The summed E-state index contributed by atoms with van der Waals surface area (Å²) >= 11 is 5.65. The summed E-state index contributed by atoms with van der Waals surface area (Å²) in [7, 11) is 1.58. The van der Waals surface area contributed by atoms with E-state index in [-0.39, 0.29) is 10.9 Å². The number of carbonyl (C=O) groups is 1. The van der Waals surface area contributed by atoms with Gasteiger partial charge in [-0.15, -0.1) is 0 Å². The number of anilines is 1. The third-order valence-electron chi connectivity index (χ3n) is 2.71. The van der Waals surface area contributed by atoms with Crippen LogP contribution in [0.2, 0.25) is 5.02 Å². The number of methoxy groups -OCH3 is 1. The average molecular weight is 306 g/mol. The molecule has 1 amide bonds. The number of rotatable bonds is 4. The lowest BCUT2D eigenvalue weighted by molar-refractivity contribution is -0.111. The second-order valence-corrected chi connectivity index (χ2v) is 4.64. The largest absolute Gasteiger partial charge is 0.497 e. The van der Waals surface area contributed by atoms with Crippen molar-refractivity contribution in [2.75, 3.05) is 12.4 Å². The Balaban J connectivity index is 2.03. The van der Waals surface area contributed by atoms with Crippen molar-refractivity contribution < 1.29 is 13.9 Å². The van der Waals surface area contributed by atoms with Gasteiger partial charge in [0.25, 0.3) is 0 Å². The van der Waals surface area contributed by atoms with Gasteiger partial charge in [0.05, 0.1) is 12.1 Å². The first-order valence-electron chi connectivity index (χ1n) is 6.16. The van der Waals surface area contributed by atoms with Crippen LogP contribution in [-0.4, -0.2) is 13.0 Å². The lowest BCUT2D eigenvalue weighted by Gasteiger charge is -2.03. The quantitative estimate of drug-likeness (QED) is 0.862. The van der Waals surface area contributed by atoms with Gasteiger partial charge >= 0.3 is 0 Å². The molecule has 0 saturated carbocycles. The number of benzene rings is 2. The monoisotopic (exact) mass is 305 g/mol. The van der Waals surface area contributed by atoms with Gasteiger partial charge in [0.1, 0.15) is 11.6 Å². The molecule has 0 atom stereocenters. The molecule has 0 aliphatic rings. The van der Waals surface area contributed by atoms with E-state index < -0.39 is 5.82 Å². The fourth-order valence-electron chi connectivity index (χ4n) is 1.67. The predicted molar refractivity (Wildman–Crippen MR) is 82.1 cm³/mol. The normalized spacial score (nSPS) is 10.6. The summed E-state index contributed by atoms with van der Waals surface area (Å²) in [6, 6.07) is 11.3. The number of ether oxygens (including phenoxy) is 1. The SMILES string of the molecule is COc1cccc(C=CC(=O)Nc2ccc(F)c(Cl)c2)c1. The van der Waals surface area contributed by atoms with E-state index in [9.17, 15) is 9.18 Å². The summed E-state index contributed by atoms with van der Waals surface area (Å²) < 4.78 is 18.1. The van der Waals surface area contributed by atoms with Crippen LogP contribution in [0.4, 0.5) is 10.1 Å². The van der Waals surface area contributed by atoms with Crippen LogP contribution < -0.4 is 10.1 Å². The molecule has 0 radical (unpaired) electrons. The Kier molecular flexibility index (Phi) is 4.95. The number of carbonyl (C=O) groups excluding carboxylic acids is 1. The van der Waals surface area contributed by atoms with E-state index in [1.807, 2.05) is 18.2 Å². The van der Waals surface area contributed by atoms with Crippen LogP contribution in [0.5, 0.6) is 5.75 Å². The molecule has 1 N–H and O–H groups in total. The number of hydrogen-bond donors (Lipinski definition) is 1. The van der Waals surface area contributed by atoms with Crippen LogP contribution in [0, 0.1) is 5.82 Å². The second-order valence-electron chi connectivity index (χ2n) is 4.23. The molecule has 0 aliphatic heterocycles. The van der Waals surface area contributed by atoms with E-state index in [0.717, 1.165) is 5.56 Å². The second kappa shape index (κ2) is 6.90. The topological polar surface area (TPSA) is 38.3 Å². The highest BCUT2D eigenvalue weighted by atomic mass is 35.5. The molecule has 108 valence electrons. The Morgan fingerprint density at radius 3 is 2.81 bits per heavy atom. The molecule has 0 saturated heterocycles. The summed E-state index contributed by atoms with van der Waals surface area (Å²) in [6.45, 7) is 0. The summed E-state index contributed by atoms with van der Waals surface area (Å²) in [6.07, 6.45) is 3.04. The van der Waals surface area contributed by atoms with E-state index in [4.69, 9.17) is 16.3 Å². The molecule has 0 spiro atoms. The number of amides is 1. The van der Waals surface area contributed by atoms with Crippen molar-refractivity contribution in [1.82, 2.24) is 0 Å². The lowest BCUT2D eigenvalue weighted by atomic mass is 10.2. The maximum absolute atomic E-state index is 13.0. The van der Waals surface area contributed by atoms with Gasteiger partial charge in [0, 0.05) is 11.8 Å². The highest BCUT2D eigenvalue weighted by Crippen LogP contribution is 2.19. The molecule has 0 aromatic heterocycles. The summed E-state index contributed by atoms with van der Waals surface area (Å²) in [5.41, 5.74) is 1.27. The zero-order chi connectivity index (χ0) is 15.2. The molecule has 2 rings (SSSR count). The number of hydrogen-bond acceptors (Lipinski definition) is 2. The molecule has 3 nitrogen and oxygen atoms in total.